The van der Waals surface area contributed by atoms with Gasteiger partial charge in [0.1, 0.15) is 4.99 Å². The Kier molecular flexibility index (Phi) is 1.68. The summed E-state index contributed by atoms with van der Waals surface area (Å²) in [5.41, 5.74) is 4.66. The molecule has 3 heteroatoms. The largest absolute Gasteiger partial charge is 0.387 e. The first-order valence-electron chi connectivity index (χ1n) is 1.02. The Morgan fingerprint density at radius 1 is 2.00 bits per heavy atom. The van der Waals surface area contributed by atoms with Gasteiger partial charge >= 0.3 is 0 Å². The summed E-state index contributed by atoms with van der Waals surface area (Å²) in [6.45, 7) is 0. The van der Waals surface area contributed by atoms with Crippen LogP contribution in [0.15, 0.2) is 0 Å². The lowest BCUT2D eigenvalue weighted by Crippen LogP contribution is -2.07. The molecule has 0 radical (unpaired) electrons. The van der Waals surface area contributed by atoms with Gasteiger partial charge in [-0.3, -0.25) is 4.79 Å². The van der Waals surface area contributed by atoms with Crippen LogP contribution >= 0.6 is 12.2 Å². The maximum atomic E-state index is 9.24. The minimum atomic E-state index is -0.0926. The molecule has 2 N–H and O–H groups in total. The monoisotopic (exact) mass is 89.0 g/mol. The number of hydrogen-bond donors (Lipinski definition) is 1. The number of carbonyl (C=O) groups excluding carboxylic acids is 1. The van der Waals surface area contributed by atoms with E-state index in [1.165, 1.54) is 0 Å². The molecule has 0 saturated carbocycles. The fourth-order valence-corrected chi connectivity index (χ4v) is 0. The Labute approximate surface area is 35.0 Å². The van der Waals surface area contributed by atoms with Gasteiger partial charge in [-0.15, -0.1) is 0 Å². The van der Waals surface area contributed by atoms with Crippen molar-refractivity contribution in [2.75, 3.05) is 0 Å². The summed E-state index contributed by atoms with van der Waals surface area (Å²) in [5, 5.41) is 0. The second-order valence-electron chi connectivity index (χ2n) is 0.520. The van der Waals surface area contributed by atoms with Gasteiger partial charge in [-0.05, 0) is 0 Å². The Balaban J connectivity index is 3.20. The van der Waals surface area contributed by atoms with Crippen LogP contribution in [0, 0.1) is 0 Å². The van der Waals surface area contributed by atoms with E-state index in [9.17, 15) is 4.79 Å². The molecule has 28 valence electrons. The van der Waals surface area contributed by atoms with E-state index in [1.54, 1.807) is 0 Å². The number of nitrogens with two attached hydrogens (primary N) is 1. The summed E-state index contributed by atoms with van der Waals surface area (Å²) in [7, 11) is 0. The van der Waals surface area contributed by atoms with Crippen molar-refractivity contribution in [2.45, 2.75) is 0 Å². The van der Waals surface area contributed by atoms with Gasteiger partial charge < -0.3 is 5.73 Å². The average Bonchev–Trinajstić information content (AvgIpc) is 1.38. The van der Waals surface area contributed by atoms with E-state index >= 15 is 0 Å². The molecule has 0 aliphatic rings. The summed E-state index contributed by atoms with van der Waals surface area (Å²) in [5.74, 6) is 0. The van der Waals surface area contributed by atoms with Gasteiger partial charge in [-0.25, -0.2) is 0 Å². The summed E-state index contributed by atoms with van der Waals surface area (Å²) in [6.07, 6.45) is 0.426. The maximum absolute atomic E-state index is 9.24. The van der Waals surface area contributed by atoms with Crippen molar-refractivity contribution >= 4 is 23.5 Å². The lowest BCUT2D eigenvalue weighted by atomic mass is 10.8. The van der Waals surface area contributed by atoms with Crippen molar-refractivity contribution in [3.05, 3.63) is 0 Å². The number of rotatable bonds is 1. The molecule has 0 aliphatic carbocycles. The first-order chi connectivity index (χ1) is 2.27. The first kappa shape index (κ1) is 4.56. The predicted octanol–water partition coefficient (Wildman–Crippen LogP) is -0.529. The molecule has 0 atom stereocenters. The van der Waals surface area contributed by atoms with Gasteiger partial charge in [0, 0.05) is 0 Å². The molecule has 0 spiro atoms. The van der Waals surface area contributed by atoms with Crippen LogP contribution in [0.1, 0.15) is 0 Å². The Hall–Kier alpha value is -0.440. The molecule has 0 unspecified atom stereocenters. The van der Waals surface area contributed by atoms with Crippen LogP contribution in [0.5, 0.6) is 0 Å². The Morgan fingerprint density at radius 2 is 2.20 bits per heavy atom. The van der Waals surface area contributed by atoms with Crippen molar-refractivity contribution in [2.24, 2.45) is 5.73 Å². The molecule has 0 amide bonds. The highest BCUT2D eigenvalue weighted by molar-refractivity contribution is 7.81. The second-order valence-corrected chi connectivity index (χ2v) is 0.992. The SMILES string of the molecule is NC(=S)C=O. The molecule has 0 heterocycles. The third kappa shape index (κ3) is 3.56. The molecule has 0 rings (SSSR count). The highest BCUT2D eigenvalue weighted by Crippen LogP contribution is 1.45. The Bertz CT molecular complexity index is 60.7. The highest BCUT2D eigenvalue weighted by Gasteiger charge is 1.69. The van der Waals surface area contributed by atoms with E-state index in [-0.39, 0.29) is 4.99 Å². The standard InChI is InChI=1S/C2H3NOS/c3-2(5)1-4/h1H,(H2,3,5). The summed E-state index contributed by atoms with van der Waals surface area (Å²) < 4.78 is 0. The molecule has 0 fully saturated rings. The predicted molar refractivity (Wildman–Crippen MR) is 22.8 cm³/mol. The molecular weight excluding hydrogens is 86.1 g/mol. The molecule has 2 nitrogen and oxygen atoms in total. The van der Waals surface area contributed by atoms with Gasteiger partial charge in [0.05, 0.1) is 0 Å². The van der Waals surface area contributed by atoms with Crippen LogP contribution in [0.4, 0.5) is 0 Å². The molecule has 0 aromatic heterocycles. The van der Waals surface area contributed by atoms with Crippen LogP contribution in [0.25, 0.3) is 0 Å². The number of carbonyl (C=O) groups is 1. The molecule has 0 bridgehead atoms. The minimum absolute atomic E-state index is 0.0926. The zero-order valence-corrected chi connectivity index (χ0v) is 3.29. The van der Waals surface area contributed by atoms with Gasteiger partial charge in [-0.2, -0.15) is 0 Å². The van der Waals surface area contributed by atoms with Crippen molar-refractivity contribution in [3.8, 4) is 0 Å². The lowest BCUT2D eigenvalue weighted by molar-refractivity contribution is -0.102. The molecular formula is C2H3NOS. The lowest BCUT2D eigenvalue weighted by Gasteiger charge is -1.65. The summed E-state index contributed by atoms with van der Waals surface area (Å²) in [4.78, 5) is 9.15. The van der Waals surface area contributed by atoms with Crippen LogP contribution in [-0.2, 0) is 4.79 Å². The molecule has 5 heavy (non-hydrogen) atoms. The smallest absolute Gasteiger partial charge is 0.176 e. The highest BCUT2D eigenvalue weighted by atomic mass is 32.1. The molecule has 0 aromatic carbocycles. The molecule has 0 aromatic rings. The van der Waals surface area contributed by atoms with Gasteiger partial charge in [0.25, 0.3) is 0 Å². The normalized spacial score (nSPS) is 6.40. The van der Waals surface area contributed by atoms with E-state index < -0.39 is 0 Å². The van der Waals surface area contributed by atoms with E-state index in [4.69, 9.17) is 0 Å². The van der Waals surface area contributed by atoms with Gasteiger partial charge in [0.2, 0.25) is 0 Å². The molecule has 0 saturated heterocycles. The fraction of sp³-hybridized carbons (Fsp3) is 0. The van der Waals surface area contributed by atoms with Gasteiger partial charge in [-0.1, -0.05) is 12.2 Å². The van der Waals surface area contributed by atoms with Crippen LogP contribution in [0.2, 0.25) is 0 Å². The second kappa shape index (κ2) is 1.84. The quantitative estimate of drug-likeness (QED) is 0.347. The topological polar surface area (TPSA) is 43.1 Å². The van der Waals surface area contributed by atoms with Crippen molar-refractivity contribution in [1.29, 1.82) is 0 Å². The molecule has 0 aliphatic heterocycles. The van der Waals surface area contributed by atoms with E-state index in [1.807, 2.05) is 0 Å². The number of aldehydes is 1. The fourth-order valence-electron chi connectivity index (χ4n) is 0. The zero-order valence-electron chi connectivity index (χ0n) is 2.47. The van der Waals surface area contributed by atoms with Crippen molar-refractivity contribution < 1.29 is 4.79 Å². The number of thiocarbonyl (C=S) groups is 1. The third-order valence-electron chi connectivity index (χ3n) is 0.116. The Morgan fingerprint density at radius 3 is 2.20 bits per heavy atom. The van der Waals surface area contributed by atoms with Crippen LogP contribution < -0.4 is 5.73 Å². The minimum Gasteiger partial charge on any atom is -0.387 e. The van der Waals surface area contributed by atoms with Crippen LogP contribution in [0.3, 0.4) is 0 Å². The van der Waals surface area contributed by atoms with Crippen molar-refractivity contribution in [3.63, 3.8) is 0 Å². The number of hydrogen-bond acceptors (Lipinski definition) is 2. The van der Waals surface area contributed by atoms with E-state index in [0.29, 0.717) is 6.29 Å². The van der Waals surface area contributed by atoms with E-state index in [0.717, 1.165) is 0 Å². The third-order valence-corrected chi connectivity index (χ3v) is 0.212. The summed E-state index contributed by atoms with van der Waals surface area (Å²) >= 11 is 4.11. The zero-order chi connectivity index (χ0) is 4.28. The maximum Gasteiger partial charge on any atom is 0.176 e. The average molecular weight is 89.1 g/mol. The van der Waals surface area contributed by atoms with E-state index in [2.05, 4.69) is 18.0 Å². The first-order valence-corrected chi connectivity index (χ1v) is 1.43. The van der Waals surface area contributed by atoms with Gasteiger partial charge in [0.15, 0.2) is 6.29 Å². The van der Waals surface area contributed by atoms with Crippen LogP contribution in [-0.4, -0.2) is 11.3 Å². The van der Waals surface area contributed by atoms with Crippen molar-refractivity contribution in [1.82, 2.24) is 0 Å². The summed E-state index contributed by atoms with van der Waals surface area (Å²) in [6, 6.07) is 0.